The first kappa shape index (κ1) is 25.3. The number of unbranched alkanes of at least 4 members (excludes halogenated alkanes) is 1. The second kappa shape index (κ2) is 10.5. The van der Waals surface area contributed by atoms with Crippen LogP contribution in [0.25, 0.3) is 0 Å². The van der Waals surface area contributed by atoms with Crippen molar-refractivity contribution in [3.8, 4) is 11.5 Å². The zero-order chi connectivity index (χ0) is 26.0. The van der Waals surface area contributed by atoms with E-state index < -0.39 is 17.2 Å². The number of H-pyrrole nitrogens is 1. The van der Waals surface area contributed by atoms with Gasteiger partial charge in [0.05, 0.1) is 5.92 Å². The number of anilines is 3. The fourth-order valence-corrected chi connectivity index (χ4v) is 4.58. The summed E-state index contributed by atoms with van der Waals surface area (Å²) in [6.45, 7) is 7.39. The van der Waals surface area contributed by atoms with Gasteiger partial charge in [0, 0.05) is 37.8 Å². The lowest BCUT2D eigenvalue weighted by Crippen LogP contribution is -2.45. The zero-order valence-corrected chi connectivity index (χ0v) is 20.9. The van der Waals surface area contributed by atoms with E-state index in [-0.39, 0.29) is 48.7 Å². The number of nitrogens with two attached hydrogens (primary N) is 1. The highest BCUT2D eigenvalue weighted by Gasteiger charge is 2.39. The maximum atomic E-state index is 13.8. The van der Waals surface area contributed by atoms with E-state index in [2.05, 4.69) is 4.98 Å². The molecule has 3 heterocycles. The number of aromatic nitrogens is 2. The number of amides is 2. The Balaban J connectivity index is 1.64. The van der Waals surface area contributed by atoms with Crippen LogP contribution in [0, 0.1) is 11.8 Å². The summed E-state index contributed by atoms with van der Waals surface area (Å²) in [7, 11) is 0. The number of aromatic amines is 1. The number of fused-ring (bicyclic) bond motifs is 1. The van der Waals surface area contributed by atoms with Gasteiger partial charge in [-0.1, -0.05) is 27.2 Å². The maximum Gasteiger partial charge on any atom is 0.330 e. The Morgan fingerprint density at radius 2 is 1.92 bits per heavy atom. The topological polar surface area (TPSA) is 140 Å². The van der Waals surface area contributed by atoms with Gasteiger partial charge in [-0.15, -0.1) is 0 Å². The normalized spacial score (nSPS) is 17.1. The summed E-state index contributed by atoms with van der Waals surface area (Å²) >= 11 is 0. The number of benzene rings is 1. The lowest BCUT2D eigenvalue weighted by molar-refractivity contribution is -0.124. The Kier molecular flexibility index (Phi) is 7.37. The second-order valence-corrected chi connectivity index (χ2v) is 9.57. The number of carbonyl (C=O) groups is 2. The Morgan fingerprint density at radius 3 is 2.61 bits per heavy atom. The van der Waals surface area contributed by atoms with E-state index in [0.717, 1.165) is 6.42 Å². The number of rotatable bonds is 8. The average Bonchev–Trinajstić information content (AvgIpc) is 3.23. The highest BCUT2D eigenvalue weighted by Crippen LogP contribution is 2.36. The molecule has 0 unspecified atom stereocenters. The summed E-state index contributed by atoms with van der Waals surface area (Å²) in [4.78, 5) is 57.1. The minimum Gasteiger partial charge on any atom is -0.486 e. The van der Waals surface area contributed by atoms with Crippen LogP contribution >= 0.6 is 0 Å². The summed E-state index contributed by atoms with van der Waals surface area (Å²) in [6.07, 6.45) is 1.51. The number of hydrogen-bond acceptors (Lipinski definition) is 7. The lowest BCUT2D eigenvalue weighted by Gasteiger charge is -2.28. The van der Waals surface area contributed by atoms with Crippen molar-refractivity contribution in [1.82, 2.24) is 9.55 Å². The quantitative estimate of drug-likeness (QED) is 0.564. The van der Waals surface area contributed by atoms with Crippen LogP contribution < -0.4 is 36.3 Å². The Labute approximate surface area is 208 Å². The molecule has 11 nitrogen and oxygen atoms in total. The highest BCUT2D eigenvalue weighted by atomic mass is 16.6. The first-order chi connectivity index (χ1) is 17.2. The number of hydrogen-bond donors (Lipinski definition) is 2. The minimum atomic E-state index is -0.715. The van der Waals surface area contributed by atoms with E-state index in [1.807, 2.05) is 20.8 Å². The van der Waals surface area contributed by atoms with Gasteiger partial charge in [-0.05, 0) is 24.5 Å². The molecule has 0 bridgehead atoms. The molecule has 0 spiro atoms. The van der Waals surface area contributed by atoms with Gasteiger partial charge < -0.3 is 25.0 Å². The molecule has 1 fully saturated rings. The Bertz CT molecular complexity index is 1270. The van der Waals surface area contributed by atoms with Crippen molar-refractivity contribution in [2.45, 2.75) is 46.6 Å². The standard InChI is InChI=1S/C25H33N5O6/c1-4-5-8-28-22(26)21(23(32)27-25(28)34)30(13-15(2)3)24(33)16-11-20(31)29(14-16)17-6-7-18-19(12-17)36-10-9-35-18/h6-7,12,15-16H,4-5,8-11,13-14,26H2,1-3H3,(H,27,32,34)/t16-/m1/s1. The van der Waals surface area contributed by atoms with Gasteiger partial charge in [-0.25, -0.2) is 4.79 Å². The molecule has 2 aliphatic heterocycles. The predicted octanol–water partition coefficient (Wildman–Crippen LogP) is 1.73. The number of carbonyl (C=O) groups excluding carboxylic acids is 2. The second-order valence-electron chi connectivity index (χ2n) is 9.57. The molecule has 1 saturated heterocycles. The van der Waals surface area contributed by atoms with E-state index in [1.165, 1.54) is 9.47 Å². The summed E-state index contributed by atoms with van der Waals surface area (Å²) < 4.78 is 12.5. The van der Waals surface area contributed by atoms with E-state index in [0.29, 0.717) is 43.4 Å². The monoisotopic (exact) mass is 499 g/mol. The maximum absolute atomic E-state index is 13.8. The van der Waals surface area contributed by atoms with Crippen LogP contribution in [-0.2, 0) is 16.1 Å². The Morgan fingerprint density at radius 1 is 1.19 bits per heavy atom. The van der Waals surface area contributed by atoms with Crippen molar-refractivity contribution in [3.63, 3.8) is 0 Å². The molecule has 0 radical (unpaired) electrons. The molecule has 2 aliphatic rings. The van der Waals surface area contributed by atoms with Crippen molar-refractivity contribution in [2.75, 3.05) is 41.8 Å². The lowest BCUT2D eigenvalue weighted by atomic mass is 10.1. The number of nitrogen functional groups attached to an aromatic ring is 1. The van der Waals surface area contributed by atoms with Crippen LogP contribution in [0.15, 0.2) is 27.8 Å². The average molecular weight is 500 g/mol. The van der Waals surface area contributed by atoms with Crippen LogP contribution in [-0.4, -0.2) is 47.7 Å². The molecule has 1 atom stereocenters. The molecule has 0 aliphatic carbocycles. The van der Waals surface area contributed by atoms with Crippen LogP contribution in [0.1, 0.15) is 40.0 Å². The smallest absolute Gasteiger partial charge is 0.330 e. The molecule has 1 aromatic carbocycles. The zero-order valence-electron chi connectivity index (χ0n) is 20.9. The minimum absolute atomic E-state index is 0.00481. The molecule has 0 saturated carbocycles. The van der Waals surface area contributed by atoms with Crippen molar-refractivity contribution in [1.29, 1.82) is 0 Å². The predicted molar refractivity (Wildman–Crippen MR) is 136 cm³/mol. The van der Waals surface area contributed by atoms with Crippen molar-refractivity contribution in [3.05, 3.63) is 39.0 Å². The SMILES string of the molecule is CCCCn1c(N)c(N(CC(C)C)C(=O)[C@@H]2CC(=O)N(c3ccc4c(c3)OCCO4)C2)c(=O)[nH]c1=O. The van der Waals surface area contributed by atoms with Gasteiger partial charge >= 0.3 is 5.69 Å². The first-order valence-corrected chi connectivity index (χ1v) is 12.3. The van der Waals surface area contributed by atoms with E-state index in [4.69, 9.17) is 15.2 Å². The van der Waals surface area contributed by atoms with Gasteiger partial charge in [-0.3, -0.25) is 23.9 Å². The molecule has 2 amide bonds. The van der Waals surface area contributed by atoms with Gasteiger partial charge in [0.15, 0.2) is 17.2 Å². The van der Waals surface area contributed by atoms with Crippen molar-refractivity contribution in [2.24, 2.45) is 11.8 Å². The molecule has 4 rings (SSSR count). The van der Waals surface area contributed by atoms with Gasteiger partial charge in [0.2, 0.25) is 11.8 Å². The number of ether oxygens (including phenoxy) is 2. The number of nitrogens with one attached hydrogen (secondary N) is 1. The third-order valence-corrected chi connectivity index (χ3v) is 6.34. The molecule has 2 aromatic rings. The molecule has 1 aromatic heterocycles. The van der Waals surface area contributed by atoms with Crippen LogP contribution in [0.3, 0.4) is 0 Å². The molecule has 11 heteroatoms. The summed E-state index contributed by atoms with van der Waals surface area (Å²) in [6, 6.07) is 5.24. The van der Waals surface area contributed by atoms with Crippen LogP contribution in [0.5, 0.6) is 11.5 Å². The van der Waals surface area contributed by atoms with E-state index in [1.54, 1.807) is 23.1 Å². The molecule has 3 N–H and O–H groups in total. The van der Waals surface area contributed by atoms with E-state index in [9.17, 15) is 19.2 Å². The number of nitrogens with zero attached hydrogens (tertiary/aromatic N) is 3. The van der Waals surface area contributed by atoms with Gasteiger partial charge in [-0.2, -0.15) is 0 Å². The van der Waals surface area contributed by atoms with Gasteiger partial charge in [0.1, 0.15) is 19.0 Å². The van der Waals surface area contributed by atoms with Gasteiger partial charge in [0.25, 0.3) is 5.56 Å². The fraction of sp³-hybridized carbons (Fsp3) is 0.520. The van der Waals surface area contributed by atoms with Crippen molar-refractivity contribution >= 4 is 29.0 Å². The highest BCUT2D eigenvalue weighted by molar-refractivity contribution is 6.05. The summed E-state index contributed by atoms with van der Waals surface area (Å²) in [5.41, 5.74) is 5.54. The molecular weight excluding hydrogens is 466 g/mol. The van der Waals surface area contributed by atoms with Crippen LogP contribution in [0.2, 0.25) is 0 Å². The summed E-state index contributed by atoms with van der Waals surface area (Å²) in [5, 5.41) is 0. The Hall–Kier alpha value is -3.76. The first-order valence-electron chi connectivity index (χ1n) is 12.3. The van der Waals surface area contributed by atoms with Crippen LogP contribution in [0.4, 0.5) is 17.2 Å². The van der Waals surface area contributed by atoms with Crippen molar-refractivity contribution < 1.29 is 19.1 Å². The third-order valence-electron chi connectivity index (χ3n) is 6.34. The van der Waals surface area contributed by atoms with E-state index >= 15 is 0 Å². The molecule has 194 valence electrons. The molecule has 36 heavy (non-hydrogen) atoms. The fourth-order valence-electron chi connectivity index (χ4n) is 4.58. The third kappa shape index (κ3) is 4.95. The summed E-state index contributed by atoms with van der Waals surface area (Å²) in [5.74, 6) is -0.135. The largest absolute Gasteiger partial charge is 0.486 e. The molecular formula is C25H33N5O6.